The molecule has 0 aromatic rings. The molecule has 0 aliphatic carbocycles. The van der Waals surface area contributed by atoms with E-state index in [1.54, 1.807) is 0 Å². The second kappa shape index (κ2) is 5.74. The maximum atomic E-state index is 3.60. The van der Waals surface area contributed by atoms with Crippen LogP contribution in [0.15, 0.2) is 0 Å². The van der Waals surface area contributed by atoms with Crippen LogP contribution < -0.4 is 5.32 Å². The fourth-order valence-electron chi connectivity index (χ4n) is 3.09. The minimum absolute atomic E-state index is 0.550. The first-order chi connectivity index (χ1) is 7.72. The van der Waals surface area contributed by atoms with Gasteiger partial charge in [-0.2, -0.15) is 11.8 Å². The van der Waals surface area contributed by atoms with Crippen LogP contribution in [-0.4, -0.2) is 47.6 Å². The van der Waals surface area contributed by atoms with Gasteiger partial charge in [0.2, 0.25) is 0 Å². The number of nitrogens with one attached hydrogen (secondary N) is 1. The van der Waals surface area contributed by atoms with Gasteiger partial charge in [-0.15, -0.1) is 0 Å². The third kappa shape index (κ3) is 3.38. The number of piperidine rings is 1. The molecule has 2 saturated heterocycles. The Hall–Kier alpha value is 0.270. The number of nitrogens with zero attached hydrogens (tertiary/aromatic N) is 1. The highest BCUT2D eigenvalue weighted by Crippen LogP contribution is 2.38. The van der Waals surface area contributed by atoms with E-state index in [9.17, 15) is 0 Å². The van der Waals surface area contributed by atoms with Gasteiger partial charge >= 0.3 is 0 Å². The van der Waals surface area contributed by atoms with E-state index in [2.05, 4.69) is 35.8 Å². The van der Waals surface area contributed by atoms with Crippen molar-refractivity contribution < 1.29 is 0 Å². The van der Waals surface area contributed by atoms with Crippen molar-refractivity contribution in [3.63, 3.8) is 0 Å². The topological polar surface area (TPSA) is 15.3 Å². The minimum atomic E-state index is 0.550. The van der Waals surface area contributed by atoms with Crippen molar-refractivity contribution in [2.24, 2.45) is 0 Å². The van der Waals surface area contributed by atoms with E-state index >= 15 is 0 Å². The van der Waals surface area contributed by atoms with Crippen LogP contribution in [0.3, 0.4) is 0 Å². The molecular weight excluding hydrogens is 216 g/mol. The summed E-state index contributed by atoms with van der Waals surface area (Å²) in [5, 5.41) is 3.60. The van der Waals surface area contributed by atoms with Crippen molar-refractivity contribution in [2.75, 3.05) is 31.9 Å². The average molecular weight is 242 g/mol. The average Bonchev–Trinajstić information content (AvgIpc) is 2.66. The van der Waals surface area contributed by atoms with Gasteiger partial charge in [0.25, 0.3) is 0 Å². The predicted octanol–water partition coefficient (Wildman–Crippen LogP) is 2.35. The van der Waals surface area contributed by atoms with Gasteiger partial charge < -0.3 is 10.2 Å². The van der Waals surface area contributed by atoms with Crippen molar-refractivity contribution in [3.8, 4) is 0 Å². The first-order valence-electron chi connectivity index (χ1n) is 6.81. The summed E-state index contributed by atoms with van der Waals surface area (Å²) >= 11 is 2.19. The highest BCUT2D eigenvalue weighted by Gasteiger charge is 2.32. The van der Waals surface area contributed by atoms with Crippen LogP contribution in [-0.2, 0) is 0 Å². The number of likely N-dealkylation sites (tertiary alicyclic amines) is 1. The van der Waals surface area contributed by atoms with Gasteiger partial charge in [-0.25, -0.2) is 0 Å². The molecule has 0 spiro atoms. The van der Waals surface area contributed by atoms with Crippen LogP contribution in [0, 0.1) is 0 Å². The van der Waals surface area contributed by atoms with Crippen molar-refractivity contribution in [3.05, 3.63) is 0 Å². The molecule has 2 aliphatic rings. The molecule has 16 heavy (non-hydrogen) atoms. The molecule has 0 saturated carbocycles. The van der Waals surface area contributed by atoms with Crippen molar-refractivity contribution in [1.82, 2.24) is 10.2 Å². The van der Waals surface area contributed by atoms with Gasteiger partial charge in [0.05, 0.1) is 0 Å². The maximum absolute atomic E-state index is 3.60. The molecular formula is C13H26N2S. The highest BCUT2D eigenvalue weighted by molar-refractivity contribution is 8.00. The first-order valence-corrected chi connectivity index (χ1v) is 7.80. The molecule has 3 heteroatoms. The van der Waals surface area contributed by atoms with E-state index in [1.807, 2.05) is 0 Å². The van der Waals surface area contributed by atoms with Gasteiger partial charge in [0, 0.05) is 23.9 Å². The van der Waals surface area contributed by atoms with Crippen molar-refractivity contribution >= 4 is 11.8 Å². The molecule has 0 aromatic heterocycles. The van der Waals surface area contributed by atoms with Gasteiger partial charge in [-0.3, -0.25) is 0 Å². The third-order valence-corrected chi connectivity index (χ3v) is 5.38. The Morgan fingerprint density at radius 3 is 3.00 bits per heavy atom. The Kier molecular flexibility index (Phi) is 4.57. The Balaban J connectivity index is 1.80. The summed E-state index contributed by atoms with van der Waals surface area (Å²) in [7, 11) is 0. The van der Waals surface area contributed by atoms with Crippen LogP contribution in [0.1, 0.15) is 39.5 Å². The van der Waals surface area contributed by atoms with E-state index in [4.69, 9.17) is 0 Å². The van der Waals surface area contributed by atoms with E-state index in [0.29, 0.717) is 4.75 Å². The zero-order valence-electron chi connectivity index (χ0n) is 10.8. The molecule has 2 fully saturated rings. The first kappa shape index (κ1) is 12.7. The summed E-state index contributed by atoms with van der Waals surface area (Å²) in [6.07, 6.45) is 5.58. The molecule has 2 rings (SSSR count). The summed E-state index contributed by atoms with van der Waals surface area (Å²) in [4.78, 5) is 2.69. The summed E-state index contributed by atoms with van der Waals surface area (Å²) in [5.74, 6) is 1.38. The Labute approximate surface area is 105 Å². The zero-order chi connectivity index (χ0) is 11.4. The molecule has 1 N–H and O–H groups in total. The van der Waals surface area contributed by atoms with Crippen LogP contribution in [0.25, 0.3) is 0 Å². The number of rotatable bonds is 4. The summed E-state index contributed by atoms with van der Waals surface area (Å²) < 4.78 is 0.550. The normalized spacial score (nSPS) is 36.8. The Morgan fingerprint density at radius 2 is 2.31 bits per heavy atom. The molecule has 0 amide bonds. The smallest absolute Gasteiger partial charge is 0.0259 e. The van der Waals surface area contributed by atoms with Gasteiger partial charge in [0.15, 0.2) is 0 Å². The number of thioether (sulfide) groups is 1. The summed E-state index contributed by atoms with van der Waals surface area (Å²) in [6.45, 7) is 9.68. The lowest BCUT2D eigenvalue weighted by Crippen LogP contribution is -2.49. The molecule has 0 bridgehead atoms. The second-order valence-electron chi connectivity index (χ2n) is 5.53. The molecule has 2 atom stereocenters. The molecule has 0 aromatic carbocycles. The summed E-state index contributed by atoms with van der Waals surface area (Å²) in [5.41, 5.74) is 0. The van der Waals surface area contributed by atoms with Crippen molar-refractivity contribution in [1.29, 1.82) is 0 Å². The standard InChI is InChI=1S/C13H26N2S/c1-3-14-12-6-4-8-15(10-12)11-13(2)7-5-9-16-13/h12,14H,3-11H2,1-2H3. The number of hydrogen-bond donors (Lipinski definition) is 1. The van der Waals surface area contributed by atoms with E-state index < -0.39 is 0 Å². The Morgan fingerprint density at radius 1 is 1.44 bits per heavy atom. The molecule has 94 valence electrons. The molecule has 2 unspecified atom stereocenters. The lowest BCUT2D eigenvalue weighted by molar-refractivity contribution is 0.177. The lowest BCUT2D eigenvalue weighted by atomic mass is 10.0. The van der Waals surface area contributed by atoms with Crippen LogP contribution in [0.2, 0.25) is 0 Å². The van der Waals surface area contributed by atoms with E-state index in [1.165, 1.54) is 51.1 Å². The monoisotopic (exact) mass is 242 g/mol. The number of likely N-dealkylation sites (N-methyl/N-ethyl adjacent to an activating group) is 1. The van der Waals surface area contributed by atoms with E-state index in [0.717, 1.165) is 12.6 Å². The minimum Gasteiger partial charge on any atom is -0.313 e. The molecule has 0 radical (unpaired) electrons. The third-order valence-electron chi connectivity index (χ3n) is 3.86. The second-order valence-corrected chi connectivity index (χ2v) is 7.22. The van der Waals surface area contributed by atoms with Gasteiger partial charge in [-0.05, 0) is 51.4 Å². The fourth-order valence-corrected chi connectivity index (χ4v) is 4.43. The highest BCUT2D eigenvalue weighted by atomic mass is 32.2. The van der Waals surface area contributed by atoms with Gasteiger partial charge in [-0.1, -0.05) is 6.92 Å². The van der Waals surface area contributed by atoms with Crippen LogP contribution in [0.5, 0.6) is 0 Å². The quantitative estimate of drug-likeness (QED) is 0.815. The van der Waals surface area contributed by atoms with E-state index in [-0.39, 0.29) is 0 Å². The maximum Gasteiger partial charge on any atom is 0.0259 e. The zero-order valence-corrected chi connectivity index (χ0v) is 11.6. The molecule has 2 aliphatic heterocycles. The van der Waals surface area contributed by atoms with Crippen molar-refractivity contribution in [2.45, 2.75) is 50.3 Å². The fraction of sp³-hybridized carbons (Fsp3) is 1.00. The summed E-state index contributed by atoms with van der Waals surface area (Å²) in [6, 6.07) is 0.744. The number of hydrogen-bond acceptors (Lipinski definition) is 3. The SMILES string of the molecule is CCNC1CCCN(CC2(C)CCCS2)C1. The Bertz CT molecular complexity index is 212. The van der Waals surface area contributed by atoms with Crippen LogP contribution in [0.4, 0.5) is 0 Å². The van der Waals surface area contributed by atoms with Crippen LogP contribution >= 0.6 is 11.8 Å². The van der Waals surface area contributed by atoms with Gasteiger partial charge in [0.1, 0.15) is 0 Å². The lowest BCUT2D eigenvalue weighted by Gasteiger charge is -2.37. The largest absolute Gasteiger partial charge is 0.313 e. The molecule has 2 heterocycles. The predicted molar refractivity (Wildman–Crippen MR) is 73.2 cm³/mol. The molecule has 2 nitrogen and oxygen atoms in total.